The fraction of sp³-hybridized carbons (Fsp3) is 0.500. The third kappa shape index (κ3) is 4.93. The minimum atomic E-state index is -0.121. The molecule has 3 rings (SSSR count). The van der Waals surface area contributed by atoms with Gasteiger partial charge in [0.25, 0.3) is 0 Å². The van der Waals surface area contributed by atoms with Crippen molar-refractivity contribution in [3.8, 4) is 0 Å². The fourth-order valence-corrected chi connectivity index (χ4v) is 3.24. The lowest BCUT2D eigenvalue weighted by Gasteiger charge is -2.23. The Hall–Kier alpha value is -2.70. The molecule has 1 saturated heterocycles. The number of hydrogen-bond donors (Lipinski definition) is 1. The second-order valence-electron chi connectivity index (χ2n) is 7.15. The molecule has 2 heterocycles. The number of amides is 2. The molecule has 0 aliphatic carbocycles. The average Bonchev–Trinajstić information content (AvgIpc) is 3.33. The number of hydrogen-bond acceptors (Lipinski definition) is 5. The predicted octanol–water partition coefficient (Wildman–Crippen LogP) is 2.64. The monoisotopic (exact) mass is 370 g/mol. The summed E-state index contributed by atoms with van der Waals surface area (Å²) in [5.41, 5.74) is 1.06. The molecule has 7 heteroatoms. The first-order chi connectivity index (χ1) is 13.0. The highest BCUT2D eigenvalue weighted by Crippen LogP contribution is 2.31. The van der Waals surface area contributed by atoms with Gasteiger partial charge in [0.2, 0.25) is 17.7 Å². The number of aromatic nitrogens is 2. The number of nitrogens with zero attached hydrogens (tertiary/aromatic N) is 3. The highest BCUT2D eigenvalue weighted by Gasteiger charge is 2.34. The number of carbonyl (C=O) groups is 2. The van der Waals surface area contributed by atoms with Crippen LogP contribution >= 0.6 is 0 Å². The molecule has 1 aliphatic heterocycles. The lowest BCUT2D eigenvalue weighted by molar-refractivity contribution is -0.135. The van der Waals surface area contributed by atoms with Crippen LogP contribution in [0.3, 0.4) is 0 Å². The first-order valence-electron chi connectivity index (χ1n) is 9.48. The molecule has 1 aliphatic rings. The van der Waals surface area contributed by atoms with Crippen molar-refractivity contribution in [1.29, 1.82) is 0 Å². The predicted molar refractivity (Wildman–Crippen MR) is 99.4 cm³/mol. The van der Waals surface area contributed by atoms with Gasteiger partial charge >= 0.3 is 0 Å². The number of carbonyl (C=O) groups excluding carboxylic acids is 2. The minimum Gasteiger partial charge on any atom is -0.352 e. The maximum absolute atomic E-state index is 12.3. The summed E-state index contributed by atoms with van der Waals surface area (Å²) in [6.45, 7) is 5.03. The van der Waals surface area contributed by atoms with Crippen molar-refractivity contribution in [2.24, 2.45) is 5.92 Å². The number of aryl methyl sites for hydroxylation is 1. The summed E-state index contributed by atoms with van der Waals surface area (Å²) >= 11 is 0. The van der Waals surface area contributed by atoms with Crippen LogP contribution in [0.2, 0.25) is 0 Å². The summed E-state index contributed by atoms with van der Waals surface area (Å²) < 4.78 is 5.30. The molecule has 0 spiro atoms. The normalized spacial score (nSPS) is 16.7. The molecule has 1 aromatic heterocycles. The molecule has 1 unspecified atom stereocenters. The summed E-state index contributed by atoms with van der Waals surface area (Å²) in [4.78, 5) is 30.6. The molecular formula is C20H26N4O3. The van der Waals surface area contributed by atoms with Crippen LogP contribution < -0.4 is 5.32 Å². The Labute approximate surface area is 159 Å². The SMILES string of the molecule is CC(C)C(=O)N1CCCC1c1noc(CCC(=O)NCc2ccccc2)n1. The minimum absolute atomic E-state index is 0.0507. The highest BCUT2D eigenvalue weighted by atomic mass is 16.5. The van der Waals surface area contributed by atoms with E-state index in [0.29, 0.717) is 24.7 Å². The van der Waals surface area contributed by atoms with Crippen LogP contribution in [-0.2, 0) is 22.6 Å². The van der Waals surface area contributed by atoms with E-state index in [2.05, 4.69) is 15.5 Å². The standard InChI is InChI=1S/C20H26N4O3/c1-14(2)20(26)24-12-6-9-16(24)19-22-18(27-23-19)11-10-17(25)21-13-15-7-4-3-5-8-15/h3-5,7-8,14,16H,6,9-13H2,1-2H3,(H,21,25). The molecule has 0 radical (unpaired) electrons. The second-order valence-corrected chi connectivity index (χ2v) is 7.15. The number of benzene rings is 1. The molecule has 0 saturated carbocycles. The molecule has 0 bridgehead atoms. The van der Waals surface area contributed by atoms with Gasteiger partial charge in [0, 0.05) is 31.8 Å². The van der Waals surface area contributed by atoms with Gasteiger partial charge in [-0.05, 0) is 18.4 Å². The van der Waals surface area contributed by atoms with Gasteiger partial charge in [-0.25, -0.2) is 0 Å². The van der Waals surface area contributed by atoms with E-state index < -0.39 is 0 Å². The van der Waals surface area contributed by atoms with Gasteiger partial charge in [0.15, 0.2) is 5.82 Å². The lowest BCUT2D eigenvalue weighted by atomic mass is 10.1. The first-order valence-corrected chi connectivity index (χ1v) is 9.48. The van der Waals surface area contributed by atoms with E-state index in [1.807, 2.05) is 49.1 Å². The Bertz CT molecular complexity index is 773. The van der Waals surface area contributed by atoms with Crippen molar-refractivity contribution in [3.63, 3.8) is 0 Å². The number of likely N-dealkylation sites (tertiary alicyclic amines) is 1. The summed E-state index contributed by atoms with van der Waals surface area (Å²) in [7, 11) is 0. The lowest BCUT2D eigenvalue weighted by Crippen LogP contribution is -2.34. The topological polar surface area (TPSA) is 88.3 Å². The van der Waals surface area contributed by atoms with E-state index in [4.69, 9.17) is 4.52 Å². The van der Waals surface area contributed by atoms with Crippen molar-refractivity contribution in [1.82, 2.24) is 20.4 Å². The van der Waals surface area contributed by atoms with Crippen LogP contribution in [0.5, 0.6) is 0 Å². The third-order valence-corrected chi connectivity index (χ3v) is 4.71. The third-order valence-electron chi connectivity index (χ3n) is 4.71. The van der Waals surface area contributed by atoms with Gasteiger partial charge in [-0.15, -0.1) is 0 Å². The Morgan fingerprint density at radius 3 is 2.81 bits per heavy atom. The fourth-order valence-electron chi connectivity index (χ4n) is 3.24. The van der Waals surface area contributed by atoms with E-state index in [1.165, 1.54) is 0 Å². The van der Waals surface area contributed by atoms with Crippen molar-refractivity contribution < 1.29 is 14.1 Å². The quantitative estimate of drug-likeness (QED) is 0.809. The van der Waals surface area contributed by atoms with Gasteiger partial charge in [-0.2, -0.15) is 4.98 Å². The van der Waals surface area contributed by atoms with Crippen LogP contribution in [0, 0.1) is 5.92 Å². The molecule has 1 fully saturated rings. The van der Waals surface area contributed by atoms with E-state index in [1.54, 1.807) is 0 Å². The molecule has 1 atom stereocenters. The molecule has 2 aromatic rings. The van der Waals surface area contributed by atoms with Crippen LogP contribution in [-0.4, -0.2) is 33.4 Å². The molecule has 2 amide bonds. The Balaban J connectivity index is 1.50. The highest BCUT2D eigenvalue weighted by molar-refractivity contribution is 5.78. The zero-order valence-corrected chi connectivity index (χ0v) is 15.9. The van der Waals surface area contributed by atoms with E-state index >= 15 is 0 Å². The Kier molecular flexibility index (Phi) is 6.21. The zero-order chi connectivity index (χ0) is 19.2. The van der Waals surface area contributed by atoms with Gasteiger partial charge in [0.1, 0.15) is 0 Å². The first kappa shape index (κ1) is 19.1. The smallest absolute Gasteiger partial charge is 0.227 e. The summed E-state index contributed by atoms with van der Waals surface area (Å²) in [6.07, 6.45) is 2.45. The van der Waals surface area contributed by atoms with E-state index in [9.17, 15) is 9.59 Å². The van der Waals surface area contributed by atoms with Crippen molar-refractivity contribution in [3.05, 3.63) is 47.6 Å². The van der Waals surface area contributed by atoms with Gasteiger partial charge in [-0.3, -0.25) is 9.59 Å². The van der Waals surface area contributed by atoms with Gasteiger partial charge in [-0.1, -0.05) is 49.3 Å². The van der Waals surface area contributed by atoms with Crippen molar-refractivity contribution >= 4 is 11.8 Å². The Morgan fingerprint density at radius 2 is 2.07 bits per heavy atom. The molecule has 7 nitrogen and oxygen atoms in total. The molecule has 144 valence electrons. The Morgan fingerprint density at radius 1 is 1.30 bits per heavy atom. The number of rotatable bonds is 7. The maximum atomic E-state index is 12.3. The largest absolute Gasteiger partial charge is 0.352 e. The molecule has 1 aromatic carbocycles. The van der Waals surface area contributed by atoms with Gasteiger partial charge in [0.05, 0.1) is 6.04 Å². The van der Waals surface area contributed by atoms with Gasteiger partial charge < -0.3 is 14.7 Å². The van der Waals surface area contributed by atoms with Crippen molar-refractivity contribution in [2.75, 3.05) is 6.54 Å². The van der Waals surface area contributed by atoms with E-state index in [-0.39, 0.29) is 30.2 Å². The van der Waals surface area contributed by atoms with Crippen LogP contribution in [0.25, 0.3) is 0 Å². The summed E-state index contributed by atoms with van der Waals surface area (Å²) in [6, 6.07) is 9.64. The van der Waals surface area contributed by atoms with Crippen molar-refractivity contribution in [2.45, 2.75) is 52.1 Å². The summed E-state index contributed by atoms with van der Waals surface area (Å²) in [5, 5.41) is 6.93. The molecular weight excluding hydrogens is 344 g/mol. The van der Waals surface area contributed by atoms with Crippen LogP contribution in [0.4, 0.5) is 0 Å². The maximum Gasteiger partial charge on any atom is 0.227 e. The van der Waals surface area contributed by atoms with Crippen LogP contribution in [0.15, 0.2) is 34.9 Å². The molecule has 1 N–H and O–H groups in total. The number of nitrogens with one attached hydrogen (secondary N) is 1. The molecule has 27 heavy (non-hydrogen) atoms. The average molecular weight is 370 g/mol. The summed E-state index contributed by atoms with van der Waals surface area (Å²) in [5.74, 6) is 0.982. The van der Waals surface area contributed by atoms with Crippen LogP contribution in [0.1, 0.15) is 56.4 Å². The van der Waals surface area contributed by atoms with E-state index in [0.717, 1.165) is 24.9 Å². The second kappa shape index (κ2) is 8.79. The zero-order valence-electron chi connectivity index (χ0n) is 15.9.